The van der Waals surface area contributed by atoms with Crippen LogP contribution in [0.5, 0.6) is 0 Å². The van der Waals surface area contributed by atoms with Crippen LogP contribution < -0.4 is 5.32 Å². The Morgan fingerprint density at radius 1 is 0.923 bits per heavy atom. The molecule has 0 saturated carbocycles. The van der Waals surface area contributed by atoms with E-state index in [4.69, 9.17) is 0 Å². The van der Waals surface area contributed by atoms with Gasteiger partial charge in [-0.15, -0.1) is 0 Å². The second kappa shape index (κ2) is 7.19. The molecule has 0 aliphatic rings. The monoisotopic (exact) mass is 371 g/mol. The normalized spacial score (nSPS) is 12.4. The molecular formula is C17H14F5N3O. The molecule has 1 amide bonds. The van der Waals surface area contributed by atoms with E-state index in [2.05, 4.69) is 10.2 Å². The molecule has 2 rings (SSSR count). The number of hydrogen-bond acceptors (Lipinski definition) is 3. The van der Waals surface area contributed by atoms with Gasteiger partial charge >= 0.3 is 18.0 Å². The number of anilines is 1. The molecule has 0 bridgehead atoms. The largest absolute Gasteiger partial charge is 0.463 e. The van der Waals surface area contributed by atoms with E-state index in [1.54, 1.807) is 17.4 Å². The van der Waals surface area contributed by atoms with Crippen molar-refractivity contribution in [2.24, 2.45) is 10.2 Å². The smallest absolute Gasteiger partial charge is 0.320 e. The third-order valence-corrected chi connectivity index (χ3v) is 3.49. The number of hydrogen-bond donors (Lipinski definition) is 1. The van der Waals surface area contributed by atoms with Crippen molar-refractivity contribution in [2.45, 2.75) is 25.9 Å². The molecule has 4 nitrogen and oxygen atoms in total. The van der Waals surface area contributed by atoms with Crippen LogP contribution in [0, 0.1) is 13.8 Å². The van der Waals surface area contributed by atoms with E-state index < -0.39 is 18.0 Å². The molecule has 2 aromatic carbocycles. The summed E-state index contributed by atoms with van der Waals surface area (Å²) in [6.07, 6.45) is -5.97. The van der Waals surface area contributed by atoms with Crippen LogP contribution in [0.15, 0.2) is 52.7 Å². The van der Waals surface area contributed by atoms with Crippen molar-refractivity contribution in [3.05, 3.63) is 53.6 Å². The van der Waals surface area contributed by atoms with Crippen molar-refractivity contribution in [1.82, 2.24) is 0 Å². The zero-order valence-corrected chi connectivity index (χ0v) is 13.7. The predicted octanol–water partition coefficient (Wildman–Crippen LogP) is 5.85. The van der Waals surface area contributed by atoms with E-state index in [1.807, 2.05) is 19.1 Å². The van der Waals surface area contributed by atoms with E-state index in [9.17, 15) is 26.7 Å². The van der Waals surface area contributed by atoms with Gasteiger partial charge in [-0.05, 0) is 49.2 Å². The molecule has 0 aromatic heterocycles. The minimum absolute atomic E-state index is 0.172. The summed E-state index contributed by atoms with van der Waals surface area (Å²) in [4.78, 5) is 11.2. The molecule has 0 fully saturated rings. The Morgan fingerprint density at radius 2 is 1.58 bits per heavy atom. The Bertz CT molecular complexity index is 847. The molecule has 138 valence electrons. The van der Waals surface area contributed by atoms with Crippen LogP contribution in [0.3, 0.4) is 0 Å². The number of nitrogens with zero attached hydrogens (tertiary/aromatic N) is 2. The average molecular weight is 371 g/mol. The molecule has 0 spiro atoms. The Morgan fingerprint density at radius 3 is 2.15 bits per heavy atom. The molecule has 0 aliphatic carbocycles. The van der Waals surface area contributed by atoms with E-state index in [0.29, 0.717) is 11.4 Å². The lowest BCUT2D eigenvalue weighted by Crippen LogP contribution is -2.47. The van der Waals surface area contributed by atoms with E-state index in [1.165, 1.54) is 25.1 Å². The lowest BCUT2D eigenvalue weighted by atomic mass is 10.1. The number of carbonyl (C=O) groups excluding carboxylic acids is 1. The van der Waals surface area contributed by atoms with E-state index >= 15 is 0 Å². The lowest BCUT2D eigenvalue weighted by molar-refractivity contribution is -0.267. The average Bonchev–Trinajstić information content (AvgIpc) is 2.55. The summed E-state index contributed by atoms with van der Waals surface area (Å²) >= 11 is 0. The molecular weight excluding hydrogens is 357 g/mol. The molecule has 0 radical (unpaired) electrons. The van der Waals surface area contributed by atoms with Crippen LogP contribution >= 0.6 is 0 Å². The SMILES string of the molecule is Cc1ccccc1N=Nc1ccc(NC(=O)C(F)(F)C(F)(F)F)c(C)c1. The van der Waals surface area contributed by atoms with Crippen LogP contribution in [-0.2, 0) is 4.79 Å². The molecule has 1 N–H and O–H groups in total. The number of halogens is 5. The molecule has 9 heteroatoms. The van der Waals surface area contributed by atoms with Gasteiger partial charge in [0.25, 0.3) is 0 Å². The Balaban J connectivity index is 2.18. The first kappa shape index (κ1) is 19.5. The van der Waals surface area contributed by atoms with Crippen molar-refractivity contribution in [3.8, 4) is 0 Å². The van der Waals surface area contributed by atoms with Gasteiger partial charge in [0.15, 0.2) is 0 Å². The topological polar surface area (TPSA) is 53.8 Å². The van der Waals surface area contributed by atoms with Gasteiger partial charge in [-0.1, -0.05) is 18.2 Å². The highest BCUT2D eigenvalue weighted by Gasteiger charge is 2.63. The van der Waals surface area contributed by atoms with Gasteiger partial charge in [-0.25, -0.2) is 0 Å². The van der Waals surface area contributed by atoms with E-state index in [0.717, 1.165) is 5.56 Å². The number of amides is 1. The predicted molar refractivity (Wildman–Crippen MR) is 86.2 cm³/mol. The number of nitrogens with one attached hydrogen (secondary N) is 1. The van der Waals surface area contributed by atoms with Crippen molar-refractivity contribution < 1.29 is 26.7 Å². The Kier molecular flexibility index (Phi) is 5.38. The number of aryl methyl sites for hydroxylation is 2. The summed E-state index contributed by atoms with van der Waals surface area (Å²) in [6.45, 7) is 3.28. The fourth-order valence-electron chi connectivity index (χ4n) is 1.97. The standard InChI is InChI=1S/C17H14F5N3O/c1-10-5-3-4-6-14(10)25-24-12-7-8-13(11(2)9-12)23-15(26)16(18,19)17(20,21)22/h3-9H,1-2H3,(H,23,26). The minimum atomic E-state index is -5.97. The molecule has 0 saturated heterocycles. The maximum Gasteiger partial charge on any atom is 0.463 e. The van der Waals surface area contributed by atoms with Crippen LogP contribution in [0.25, 0.3) is 0 Å². The number of rotatable bonds is 4. The molecule has 26 heavy (non-hydrogen) atoms. The maximum atomic E-state index is 13.0. The van der Waals surface area contributed by atoms with Gasteiger partial charge in [-0.3, -0.25) is 4.79 Å². The van der Waals surface area contributed by atoms with Gasteiger partial charge in [0.1, 0.15) is 0 Å². The zero-order chi connectivity index (χ0) is 19.5. The summed E-state index contributed by atoms with van der Waals surface area (Å²) in [6, 6.07) is 11.2. The minimum Gasteiger partial charge on any atom is -0.320 e. The number of alkyl halides is 5. The molecule has 0 atom stereocenters. The van der Waals surface area contributed by atoms with Gasteiger partial charge < -0.3 is 5.32 Å². The zero-order valence-electron chi connectivity index (χ0n) is 13.7. The molecule has 0 aliphatic heterocycles. The Labute approximate surface area is 145 Å². The highest BCUT2D eigenvalue weighted by Crippen LogP contribution is 2.36. The lowest BCUT2D eigenvalue weighted by Gasteiger charge is -2.19. The Hall–Kier alpha value is -2.84. The van der Waals surface area contributed by atoms with Crippen LogP contribution in [-0.4, -0.2) is 18.0 Å². The van der Waals surface area contributed by atoms with Crippen LogP contribution in [0.2, 0.25) is 0 Å². The fraction of sp³-hybridized carbons (Fsp3) is 0.235. The number of carbonyl (C=O) groups is 1. The summed E-state index contributed by atoms with van der Waals surface area (Å²) in [5.74, 6) is -7.93. The molecule has 2 aromatic rings. The maximum absolute atomic E-state index is 13.0. The van der Waals surface area contributed by atoms with Crippen molar-refractivity contribution in [3.63, 3.8) is 0 Å². The van der Waals surface area contributed by atoms with Crippen LogP contribution in [0.4, 0.5) is 39.0 Å². The number of benzene rings is 2. The third-order valence-electron chi connectivity index (χ3n) is 3.49. The molecule has 0 unspecified atom stereocenters. The van der Waals surface area contributed by atoms with Crippen molar-refractivity contribution >= 4 is 23.0 Å². The second-order valence-corrected chi connectivity index (χ2v) is 5.51. The molecule has 0 heterocycles. The highest BCUT2D eigenvalue weighted by atomic mass is 19.4. The van der Waals surface area contributed by atoms with Crippen molar-refractivity contribution in [2.75, 3.05) is 5.32 Å². The first-order chi connectivity index (χ1) is 12.0. The second-order valence-electron chi connectivity index (χ2n) is 5.51. The first-order valence-corrected chi connectivity index (χ1v) is 7.36. The van der Waals surface area contributed by atoms with Crippen molar-refractivity contribution in [1.29, 1.82) is 0 Å². The fourth-order valence-corrected chi connectivity index (χ4v) is 1.97. The van der Waals surface area contributed by atoms with Gasteiger partial charge in [0.05, 0.1) is 11.4 Å². The first-order valence-electron chi connectivity index (χ1n) is 7.36. The van der Waals surface area contributed by atoms with E-state index in [-0.39, 0.29) is 11.3 Å². The van der Waals surface area contributed by atoms with Gasteiger partial charge in [0, 0.05) is 5.69 Å². The number of azo groups is 1. The van der Waals surface area contributed by atoms with Gasteiger partial charge in [0.2, 0.25) is 0 Å². The van der Waals surface area contributed by atoms with Crippen LogP contribution in [0.1, 0.15) is 11.1 Å². The quantitative estimate of drug-likeness (QED) is 0.532. The third kappa shape index (κ3) is 4.22. The highest BCUT2D eigenvalue weighted by molar-refractivity contribution is 5.97. The summed E-state index contributed by atoms with van der Waals surface area (Å²) in [5, 5.41) is 9.62. The summed E-state index contributed by atoms with van der Waals surface area (Å²) < 4.78 is 62.6. The summed E-state index contributed by atoms with van der Waals surface area (Å²) in [5.41, 5.74) is 1.97. The van der Waals surface area contributed by atoms with Gasteiger partial charge in [-0.2, -0.15) is 32.2 Å². The summed E-state index contributed by atoms with van der Waals surface area (Å²) in [7, 11) is 0.